The molecule has 0 radical (unpaired) electrons. The van der Waals surface area contributed by atoms with E-state index in [1.807, 2.05) is 11.4 Å². The smallest absolute Gasteiger partial charge is 0.132 e. The molecule has 1 atom stereocenters. The Hall–Kier alpha value is -2.46. The summed E-state index contributed by atoms with van der Waals surface area (Å²) >= 11 is 3.07. The summed E-state index contributed by atoms with van der Waals surface area (Å²) in [5.74, 6) is -0.332. The number of fused-ring (bicyclic) bond motifs is 1. The number of thiazole rings is 1. The number of benzene rings is 1. The number of halogens is 1. The van der Waals surface area contributed by atoms with Gasteiger partial charge in [0.25, 0.3) is 0 Å². The summed E-state index contributed by atoms with van der Waals surface area (Å²) in [7, 11) is 0. The summed E-state index contributed by atoms with van der Waals surface area (Å²) < 4.78 is 21.1. The molecule has 5 rings (SSSR count). The highest BCUT2D eigenvalue weighted by molar-refractivity contribution is 7.23. The van der Waals surface area contributed by atoms with Crippen molar-refractivity contribution in [1.29, 1.82) is 0 Å². The van der Waals surface area contributed by atoms with E-state index in [4.69, 9.17) is 10.5 Å². The van der Waals surface area contributed by atoms with Crippen molar-refractivity contribution in [3.05, 3.63) is 58.6 Å². The van der Waals surface area contributed by atoms with Gasteiger partial charge in [-0.25, -0.2) is 19.3 Å². The van der Waals surface area contributed by atoms with Crippen molar-refractivity contribution in [1.82, 2.24) is 15.0 Å². The van der Waals surface area contributed by atoms with Gasteiger partial charge in [-0.05, 0) is 23.8 Å². The first-order valence-electron chi connectivity index (χ1n) is 9.23. The molecule has 148 valence electrons. The van der Waals surface area contributed by atoms with Crippen LogP contribution in [0.4, 0.5) is 9.39 Å². The van der Waals surface area contributed by atoms with Crippen molar-refractivity contribution < 1.29 is 9.13 Å². The van der Waals surface area contributed by atoms with Crippen LogP contribution >= 0.6 is 22.7 Å². The third kappa shape index (κ3) is 3.51. The second-order valence-electron chi connectivity index (χ2n) is 6.71. The van der Waals surface area contributed by atoms with Crippen LogP contribution in [0.15, 0.2) is 42.2 Å². The number of ether oxygens (including phenoxy) is 1. The van der Waals surface area contributed by atoms with E-state index in [0.29, 0.717) is 24.5 Å². The van der Waals surface area contributed by atoms with Gasteiger partial charge in [0.15, 0.2) is 0 Å². The number of morpholine rings is 1. The Morgan fingerprint density at radius 2 is 2.00 bits per heavy atom. The van der Waals surface area contributed by atoms with E-state index in [1.165, 1.54) is 23.7 Å². The summed E-state index contributed by atoms with van der Waals surface area (Å²) in [6, 6.07) is 6.56. The molecule has 29 heavy (non-hydrogen) atoms. The number of anilines is 1. The Bertz CT molecular complexity index is 1140. The minimum atomic E-state index is -0.404. The molecule has 1 aromatic carbocycles. The number of nitrogens with two attached hydrogens (primary N) is 1. The van der Waals surface area contributed by atoms with Gasteiger partial charge >= 0.3 is 0 Å². The third-order valence-corrected chi connectivity index (χ3v) is 6.99. The fourth-order valence-corrected chi connectivity index (χ4v) is 5.25. The molecule has 1 aliphatic heterocycles. The van der Waals surface area contributed by atoms with Crippen LogP contribution in [0.25, 0.3) is 21.5 Å². The minimum absolute atomic E-state index is 0.332. The minimum Gasteiger partial charge on any atom is -0.378 e. The predicted molar refractivity (Wildman–Crippen MR) is 114 cm³/mol. The normalized spacial score (nSPS) is 15.7. The monoisotopic (exact) mass is 427 g/mol. The van der Waals surface area contributed by atoms with Crippen LogP contribution in [0.1, 0.15) is 16.6 Å². The second kappa shape index (κ2) is 7.75. The molecule has 0 amide bonds. The van der Waals surface area contributed by atoms with Gasteiger partial charge < -0.3 is 15.4 Å². The fourth-order valence-electron chi connectivity index (χ4n) is 3.42. The molecule has 1 saturated heterocycles. The highest BCUT2D eigenvalue weighted by Gasteiger charge is 2.20. The number of nitrogens with zero attached hydrogens (tertiary/aromatic N) is 4. The topological polar surface area (TPSA) is 77.2 Å². The summed E-state index contributed by atoms with van der Waals surface area (Å²) in [6.07, 6.45) is 3.21. The molecule has 4 heterocycles. The molecule has 1 unspecified atom stereocenters. The number of rotatable bonds is 4. The maximum atomic E-state index is 14.8. The van der Waals surface area contributed by atoms with Crippen LogP contribution in [0.5, 0.6) is 0 Å². The van der Waals surface area contributed by atoms with E-state index in [9.17, 15) is 4.39 Å². The van der Waals surface area contributed by atoms with Gasteiger partial charge in [0.2, 0.25) is 0 Å². The van der Waals surface area contributed by atoms with Crippen LogP contribution in [0.3, 0.4) is 0 Å². The number of hydrogen-bond acceptors (Lipinski definition) is 8. The van der Waals surface area contributed by atoms with E-state index in [1.54, 1.807) is 29.7 Å². The van der Waals surface area contributed by atoms with Crippen LogP contribution < -0.4 is 10.6 Å². The van der Waals surface area contributed by atoms with Crippen molar-refractivity contribution in [2.45, 2.75) is 6.04 Å². The van der Waals surface area contributed by atoms with E-state index in [-0.39, 0.29) is 5.82 Å². The molecule has 3 aromatic heterocycles. The summed E-state index contributed by atoms with van der Waals surface area (Å²) in [5.41, 5.74) is 8.98. The Balaban J connectivity index is 1.58. The molecule has 1 aliphatic rings. The maximum Gasteiger partial charge on any atom is 0.132 e. The number of hydrogen-bond donors (Lipinski definition) is 1. The first kappa shape index (κ1) is 18.6. The summed E-state index contributed by atoms with van der Waals surface area (Å²) in [6.45, 7) is 3.08. The third-order valence-electron chi connectivity index (χ3n) is 4.94. The largest absolute Gasteiger partial charge is 0.378 e. The zero-order chi connectivity index (χ0) is 19.8. The second-order valence-corrected chi connectivity index (χ2v) is 8.66. The maximum absolute atomic E-state index is 14.8. The SMILES string of the molecule is NC(c1ccc(F)c(-c2ncnc3cc(N4CCOCC4)sc23)c1)c1nccs1. The lowest BCUT2D eigenvalue weighted by Gasteiger charge is -2.27. The van der Waals surface area contributed by atoms with E-state index >= 15 is 0 Å². The van der Waals surface area contributed by atoms with Crippen molar-refractivity contribution in [2.75, 3.05) is 31.2 Å². The van der Waals surface area contributed by atoms with Gasteiger partial charge in [0.05, 0.1) is 40.2 Å². The average Bonchev–Trinajstić information content (AvgIpc) is 3.44. The molecule has 9 heteroatoms. The predicted octanol–water partition coefficient (Wildman–Crippen LogP) is 3.84. The molecular weight excluding hydrogens is 409 g/mol. The zero-order valence-electron chi connectivity index (χ0n) is 15.4. The Labute approximate surface area is 174 Å². The van der Waals surface area contributed by atoms with Crippen molar-refractivity contribution in [3.63, 3.8) is 0 Å². The van der Waals surface area contributed by atoms with E-state index in [0.717, 1.165) is 38.9 Å². The molecule has 4 aromatic rings. The lowest BCUT2D eigenvalue weighted by Crippen LogP contribution is -2.35. The van der Waals surface area contributed by atoms with Crippen LogP contribution in [-0.2, 0) is 4.74 Å². The Morgan fingerprint density at radius 3 is 2.79 bits per heavy atom. The molecule has 6 nitrogen and oxygen atoms in total. The Morgan fingerprint density at radius 1 is 1.14 bits per heavy atom. The molecule has 1 fully saturated rings. The van der Waals surface area contributed by atoms with Gasteiger partial charge in [0, 0.05) is 30.2 Å². The number of thiophene rings is 1. The lowest BCUT2D eigenvalue weighted by molar-refractivity contribution is 0.123. The van der Waals surface area contributed by atoms with E-state index < -0.39 is 6.04 Å². The standard InChI is InChI=1S/C20H18FN5OS2/c21-14-2-1-12(17(22)20-23-3-8-28-20)9-13(14)18-19-15(24-11-25-18)10-16(29-19)26-4-6-27-7-5-26/h1-3,8-11,17H,4-7,22H2. The molecule has 0 aliphatic carbocycles. The number of aromatic nitrogens is 3. The van der Waals surface area contributed by atoms with Crippen molar-refractivity contribution in [2.24, 2.45) is 5.73 Å². The van der Waals surface area contributed by atoms with E-state index in [2.05, 4.69) is 19.9 Å². The van der Waals surface area contributed by atoms with Crippen molar-refractivity contribution >= 4 is 37.9 Å². The van der Waals surface area contributed by atoms with Crippen LogP contribution in [0.2, 0.25) is 0 Å². The molecule has 0 saturated carbocycles. The summed E-state index contributed by atoms with van der Waals surface area (Å²) in [5, 5.41) is 3.77. The highest BCUT2D eigenvalue weighted by Crippen LogP contribution is 2.38. The van der Waals surface area contributed by atoms with Gasteiger partial charge in [-0.15, -0.1) is 22.7 Å². The lowest BCUT2D eigenvalue weighted by atomic mass is 10.0. The first-order chi connectivity index (χ1) is 14.2. The first-order valence-corrected chi connectivity index (χ1v) is 10.9. The van der Waals surface area contributed by atoms with Crippen LogP contribution in [-0.4, -0.2) is 41.3 Å². The van der Waals surface area contributed by atoms with Gasteiger partial charge in [-0.2, -0.15) is 0 Å². The van der Waals surface area contributed by atoms with Gasteiger partial charge in [-0.3, -0.25) is 0 Å². The fraction of sp³-hybridized carbons (Fsp3) is 0.250. The molecule has 2 N–H and O–H groups in total. The molecular formula is C20H18FN5OS2. The Kier molecular flexibility index (Phi) is 4.96. The summed E-state index contributed by atoms with van der Waals surface area (Å²) in [4.78, 5) is 15.4. The zero-order valence-corrected chi connectivity index (χ0v) is 17.0. The molecule has 0 bridgehead atoms. The molecule has 0 spiro atoms. The van der Waals surface area contributed by atoms with Gasteiger partial charge in [0.1, 0.15) is 17.2 Å². The average molecular weight is 428 g/mol. The van der Waals surface area contributed by atoms with Crippen LogP contribution in [0, 0.1) is 5.82 Å². The highest BCUT2D eigenvalue weighted by atomic mass is 32.1. The van der Waals surface area contributed by atoms with Gasteiger partial charge in [-0.1, -0.05) is 6.07 Å². The quantitative estimate of drug-likeness (QED) is 0.533. The van der Waals surface area contributed by atoms with Crippen molar-refractivity contribution in [3.8, 4) is 11.3 Å².